The summed E-state index contributed by atoms with van der Waals surface area (Å²) >= 11 is 5.69. The zero-order valence-corrected chi connectivity index (χ0v) is 8.41. The molecule has 2 saturated heterocycles. The summed E-state index contributed by atoms with van der Waals surface area (Å²) in [4.78, 5) is 2.31. The highest BCUT2D eigenvalue weighted by Gasteiger charge is 2.38. The van der Waals surface area contributed by atoms with E-state index in [0.29, 0.717) is 17.2 Å². The number of anilines is 1. The lowest BCUT2D eigenvalue weighted by atomic mass is 10.2. The second kappa shape index (κ2) is 3.07. The van der Waals surface area contributed by atoms with Crippen molar-refractivity contribution >= 4 is 17.4 Å². The van der Waals surface area contributed by atoms with Gasteiger partial charge in [0.25, 0.3) is 0 Å². The number of hydrogen-bond acceptors (Lipinski definition) is 4. The fraction of sp³-hybridized carbons (Fsp3) is 0.556. The molecule has 2 bridgehead atoms. The Hall–Kier alpha value is -0.870. The standard InChI is InChI=1S/C9H11ClN4/c10-8-1-2-9(13-12-8)14-5-6-3-7(14)4-11-6/h1-2,6-7,11H,3-5H2/t6?,7-/m0/s1. The lowest BCUT2D eigenvalue weighted by Crippen LogP contribution is -2.44. The third-order valence-corrected chi connectivity index (χ3v) is 3.17. The van der Waals surface area contributed by atoms with Crippen LogP contribution in [-0.2, 0) is 0 Å². The topological polar surface area (TPSA) is 41.0 Å². The summed E-state index contributed by atoms with van der Waals surface area (Å²) in [5.74, 6) is 0.948. The molecule has 14 heavy (non-hydrogen) atoms. The van der Waals surface area contributed by atoms with Gasteiger partial charge < -0.3 is 10.2 Å². The summed E-state index contributed by atoms with van der Waals surface area (Å²) in [6.07, 6.45) is 1.23. The molecule has 1 N–H and O–H groups in total. The van der Waals surface area contributed by atoms with Crippen LogP contribution in [-0.4, -0.2) is 35.4 Å². The molecule has 5 heteroatoms. The Balaban J connectivity index is 1.86. The Bertz CT molecular complexity index is 339. The number of hydrogen-bond donors (Lipinski definition) is 1. The van der Waals surface area contributed by atoms with Crippen LogP contribution in [0.1, 0.15) is 6.42 Å². The van der Waals surface area contributed by atoms with Gasteiger partial charge in [0.15, 0.2) is 11.0 Å². The van der Waals surface area contributed by atoms with E-state index in [-0.39, 0.29) is 0 Å². The Morgan fingerprint density at radius 1 is 1.43 bits per heavy atom. The number of nitrogens with one attached hydrogen (secondary N) is 1. The van der Waals surface area contributed by atoms with Gasteiger partial charge in [-0.2, -0.15) is 0 Å². The van der Waals surface area contributed by atoms with Crippen LogP contribution in [0.15, 0.2) is 12.1 Å². The highest BCUT2D eigenvalue weighted by Crippen LogP contribution is 2.27. The molecular formula is C9H11ClN4. The first kappa shape index (κ1) is 8.44. The maximum Gasteiger partial charge on any atom is 0.151 e. The van der Waals surface area contributed by atoms with Gasteiger partial charge in [-0.15, -0.1) is 10.2 Å². The second-order valence-electron chi connectivity index (χ2n) is 3.86. The summed E-state index contributed by atoms with van der Waals surface area (Å²) in [5, 5.41) is 11.9. The zero-order valence-electron chi connectivity index (χ0n) is 7.65. The van der Waals surface area contributed by atoms with E-state index < -0.39 is 0 Å². The monoisotopic (exact) mass is 210 g/mol. The molecule has 3 heterocycles. The molecule has 2 fully saturated rings. The minimum absolute atomic E-state index is 0.455. The van der Waals surface area contributed by atoms with Crippen molar-refractivity contribution < 1.29 is 0 Å². The first-order valence-corrected chi connectivity index (χ1v) is 5.20. The lowest BCUT2D eigenvalue weighted by Gasteiger charge is -2.27. The molecule has 0 saturated carbocycles. The molecule has 74 valence electrons. The fourth-order valence-electron chi connectivity index (χ4n) is 2.30. The minimum atomic E-state index is 0.455. The maximum atomic E-state index is 5.69. The van der Waals surface area contributed by atoms with Crippen molar-refractivity contribution in [3.05, 3.63) is 17.3 Å². The van der Waals surface area contributed by atoms with Crippen molar-refractivity contribution in [3.63, 3.8) is 0 Å². The van der Waals surface area contributed by atoms with Crippen molar-refractivity contribution in [1.82, 2.24) is 15.5 Å². The smallest absolute Gasteiger partial charge is 0.151 e. The Labute approximate surface area is 87.3 Å². The maximum absolute atomic E-state index is 5.69. The average molecular weight is 211 g/mol. The Kier molecular flexibility index (Phi) is 1.85. The normalized spacial score (nSPS) is 29.9. The molecule has 2 aliphatic heterocycles. The van der Waals surface area contributed by atoms with Gasteiger partial charge in [-0.25, -0.2) is 0 Å². The molecule has 1 aromatic heterocycles. The molecule has 0 aromatic carbocycles. The van der Waals surface area contributed by atoms with Gasteiger partial charge >= 0.3 is 0 Å². The van der Waals surface area contributed by atoms with Crippen LogP contribution in [0.3, 0.4) is 0 Å². The van der Waals surface area contributed by atoms with Gasteiger partial charge in [-0.05, 0) is 18.6 Å². The zero-order chi connectivity index (χ0) is 9.54. The van der Waals surface area contributed by atoms with Crippen LogP contribution in [0.2, 0.25) is 5.15 Å². The summed E-state index contributed by atoms with van der Waals surface area (Å²) < 4.78 is 0. The molecule has 1 aromatic rings. The molecule has 2 aliphatic rings. The summed E-state index contributed by atoms with van der Waals surface area (Å²) in [6, 6.07) is 4.97. The highest BCUT2D eigenvalue weighted by molar-refractivity contribution is 6.29. The fourth-order valence-corrected chi connectivity index (χ4v) is 2.40. The summed E-state index contributed by atoms with van der Waals surface area (Å²) in [7, 11) is 0. The van der Waals surface area contributed by atoms with Crippen molar-refractivity contribution in [1.29, 1.82) is 0 Å². The molecule has 3 rings (SSSR count). The lowest BCUT2D eigenvalue weighted by molar-refractivity contribution is 0.574. The first-order valence-electron chi connectivity index (χ1n) is 4.82. The van der Waals surface area contributed by atoms with E-state index in [0.717, 1.165) is 18.9 Å². The van der Waals surface area contributed by atoms with Crippen LogP contribution in [0.5, 0.6) is 0 Å². The highest BCUT2D eigenvalue weighted by atomic mass is 35.5. The molecule has 2 atom stereocenters. The van der Waals surface area contributed by atoms with Crippen molar-refractivity contribution in [3.8, 4) is 0 Å². The van der Waals surface area contributed by atoms with Crippen molar-refractivity contribution in [2.75, 3.05) is 18.0 Å². The van der Waals surface area contributed by atoms with Gasteiger partial charge in [0.1, 0.15) is 0 Å². The van der Waals surface area contributed by atoms with Crippen LogP contribution < -0.4 is 10.2 Å². The van der Waals surface area contributed by atoms with Gasteiger partial charge in [0, 0.05) is 25.2 Å². The van der Waals surface area contributed by atoms with E-state index >= 15 is 0 Å². The van der Waals surface area contributed by atoms with Crippen LogP contribution in [0.4, 0.5) is 5.82 Å². The van der Waals surface area contributed by atoms with E-state index in [1.165, 1.54) is 6.42 Å². The van der Waals surface area contributed by atoms with E-state index in [1.807, 2.05) is 6.07 Å². The molecule has 4 nitrogen and oxygen atoms in total. The molecule has 0 aliphatic carbocycles. The Morgan fingerprint density at radius 3 is 2.93 bits per heavy atom. The van der Waals surface area contributed by atoms with E-state index in [2.05, 4.69) is 20.4 Å². The van der Waals surface area contributed by atoms with Gasteiger partial charge in [0.05, 0.1) is 0 Å². The van der Waals surface area contributed by atoms with Gasteiger partial charge in [-0.3, -0.25) is 0 Å². The largest absolute Gasteiger partial charge is 0.349 e. The molecule has 0 spiro atoms. The molecule has 0 radical (unpaired) electrons. The number of rotatable bonds is 1. The Morgan fingerprint density at radius 2 is 2.36 bits per heavy atom. The number of piperazine rings is 1. The van der Waals surface area contributed by atoms with Gasteiger partial charge in [0.2, 0.25) is 0 Å². The van der Waals surface area contributed by atoms with Crippen LogP contribution in [0.25, 0.3) is 0 Å². The number of halogens is 1. The number of fused-ring (bicyclic) bond motifs is 2. The summed E-state index contributed by atoms with van der Waals surface area (Å²) in [5.41, 5.74) is 0. The second-order valence-corrected chi connectivity index (χ2v) is 4.25. The third kappa shape index (κ3) is 1.26. The quantitative estimate of drug-likeness (QED) is 0.740. The van der Waals surface area contributed by atoms with Crippen molar-refractivity contribution in [2.45, 2.75) is 18.5 Å². The predicted octanol–water partition coefficient (Wildman–Crippen LogP) is 0.680. The SMILES string of the molecule is Clc1ccc(N2CC3C[C@H]2CN3)nn1. The van der Waals surface area contributed by atoms with E-state index in [9.17, 15) is 0 Å². The molecule has 1 unspecified atom stereocenters. The third-order valence-electron chi connectivity index (χ3n) is 2.97. The summed E-state index contributed by atoms with van der Waals surface area (Å²) in [6.45, 7) is 2.11. The molecule has 0 amide bonds. The van der Waals surface area contributed by atoms with E-state index in [1.54, 1.807) is 6.07 Å². The van der Waals surface area contributed by atoms with E-state index in [4.69, 9.17) is 11.6 Å². The van der Waals surface area contributed by atoms with Crippen molar-refractivity contribution in [2.24, 2.45) is 0 Å². The number of aromatic nitrogens is 2. The van der Waals surface area contributed by atoms with Crippen LogP contribution in [0, 0.1) is 0 Å². The first-order chi connectivity index (χ1) is 6.83. The number of nitrogens with zero attached hydrogens (tertiary/aromatic N) is 3. The predicted molar refractivity (Wildman–Crippen MR) is 54.6 cm³/mol. The average Bonchev–Trinajstić information content (AvgIpc) is 2.80. The molecular weight excluding hydrogens is 200 g/mol. The minimum Gasteiger partial charge on any atom is -0.349 e. The van der Waals surface area contributed by atoms with Crippen LogP contribution >= 0.6 is 11.6 Å². The van der Waals surface area contributed by atoms with Gasteiger partial charge in [-0.1, -0.05) is 11.6 Å².